The lowest BCUT2D eigenvalue weighted by Crippen LogP contribution is -2.43. The Morgan fingerprint density at radius 2 is 1.70 bits per heavy atom. The van der Waals surface area contributed by atoms with Gasteiger partial charge < -0.3 is 10.0 Å². The second-order valence-corrected chi connectivity index (χ2v) is 8.11. The maximum Gasteiger partial charge on any atom is 0.336 e. The van der Waals surface area contributed by atoms with Crippen molar-refractivity contribution in [2.24, 2.45) is 5.41 Å². The van der Waals surface area contributed by atoms with Gasteiger partial charge in [-0.2, -0.15) is 0 Å². The summed E-state index contributed by atoms with van der Waals surface area (Å²) in [6.45, 7) is 7.32. The first-order chi connectivity index (χ1) is 12.8. The molecule has 1 aliphatic rings. The number of amides is 1. The summed E-state index contributed by atoms with van der Waals surface area (Å²) in [6, 6.07) is 12.7. The molecule has 1 fully saturated rings. The maximum atomic E-state index is 12.5. The average molecular weight is 366 g/mol. The van der Waals surface area contributed by atoms with Gasteiger partial charge in [-0.05, 0) is 31.0 Å². The van der Waals surface area contributed by atoms with E-state index in [1.54, 1.807) is 18.2 Å². The standard InChI is InChI=1S/C22H26N2O3/c1-22(2,3)21(27)24-13-11-15(12-14-24)18-9-6-10-19(23-18)16-7-4-5-8-17(16)20(25)26/h4-10,15H,11-14H2,1-3H3,(H,25,26). The van der Waals surface area contributed by atoms with Gasteiger partial charge in [-0.3, -0.25) is 9.78 Å². The van der Waals surface area contributed by atoms with E-state index in [1.807, 2.05) is 49.9 Å². The van der Waals surface area contributed by atoms with Crippen LogP contribution in [0, 0.1) is 5.41 Å². The van der Waals surface area contributed by atoms with E-state index < -0.39 is 5.97 Å². The van der Waals surface area contributed by atoms with E-state index in [2.05, 4.69) is 0 Å². The number of piperidine rings is 1. The molecule has 2 heterocycles. The summed E-state index contributed by atoms with van der Waals surface area (Å²) in [4.78, 5) is 30.7. The van der Waals surface area contributed by atoms with E-state index in [0.717, 1.165) is 31.6 Å². The SMILES string of the molecule is CC(C)(C)C(=O)N1CCC(c2cccc(-c3ccccc3C(=O)O)n2)CC1. The van der Waals surface area contributed by atoms with Crippen LogP contribution in [0.3, 0.4) is 0 Å². The average Bonchev–Trinajstić information content (AvgIpc) is 2.67. The summed E-state index contributed by atoms with van der Waals surface area (Å²) in [5, 5.41) is 9.43. The van der Waals surface area contributed by atoms with E-state index in [1.165, 1.54) is 0 Å². The minimum absolute atomic E-state index is 0.193. The molecule has 27 heavy (non-hydrogen) atoms. The number of rotatable bonds is 3. The third kappa shape index (κ3) is 4.18. The van der Waals surface area contributed by atoms with Crippen LogP contribution >= 0.6 is 0 Å². The molecule has 0 aliphatic carbocycles. The Bertz CT molecular complexity index is 847. The number of pyridine rings is 1. The van der Waals surface area contributed by atoms with Gasteiger partial charge in [-0.1, -0.05) is 45.0 Å². The number of benzene rings is 1. The van der Waals surface area contributed by atoms with Gasteiger partial charge in [-0.25, -0.2) is 4.79 Å². The van der Waals surface area contributed by atoms with Gasteiger partial charge in [0.05, 0.1) is 11.3 Å². The zero-order chi connectivity index (χ0) is 19.6. The highest BCUT2D eigenvalue weighted by Gasteiger charge is 2.31. The number of hydrogen-bond donors (Lipinski definition) is 1. The van der Waals surface area contributed by atoms with Crippen LogP contribution in [-0.2, 0) is 4.79 Å². The predicted octanol–water partition coefficient (Wildman–Crippen LogP) is 4.20. The molecule has 0 unspecified atom stereocenters. The summed E-state index contributed by atoms with van der Waals surface area (Å²) in [6.07, 6.45) is 1.75. The highest BCUT2D eigenvalue weighted by atomic mass is 16.4. The first-order valence-electron chi connectivity index (χ1n) is 9.36. The largest absolute Gasteiger partial charge is 0.478 e. The van der Waals surface area contributed by atoms with E-state index in [0.29, 0.717) is 11.3 Å². The topological polar surface area (TPSA) is 70.5 Å². The monoisotopic (exact) mass is 366 g/mol. The smallest absolute Gasteiger partial charge is 0.336 e. The second-order valence-electron chi connectivity index (χ2n) is 8.11. The van der Waals surface area contributed by atoms with E-state index in [9.17, 15) is 14.7 Å². The van der Waals surface area contributed by atoms with Crippen molar-refractivity contribution in [2.45, 2.75) is 39.5 Å². The summed E-state index contributed by atoms with van der Waals surface area (Å²) in [5.74, 6) is -0.476. The predicted molar refractivity (Wildman–Crippen MR) is 105 cm³/mol. The Morgan fingerprint density at radius 3 is 2.33 bits per heavy atom. The highest BCUT2D eigenvalue weighted by molar-refractivity contribution is 5.95. The van der Waals surface area contributed by atoms with Crippen molar-refractivity contribution in [2.75, 3.05) is 13.1 Å². The molecule has 1 N–H and O–H groups in total. The number of carbonyl (C=O) groups excluding carboxylic acids is 1. The summed E-state index contributed by atoms with van der Waals surface area (Å²) in [5.41, 5.74) is 2.18. The molecule has 0 saturated carbocycles. The van der Waals surface area contributed by atoms with Crippen molar-refractivity contribution in [3.05, 3.63) is 53.7 Å². The third-order valence-corrected chi connectivity index (χ3v) is 5.05. The molecule has 1 aromatic carbocycles. The number of nitrogens with zero attached hydrogens (tertiary/aromatic N) is 2. The van der Waals surface area contributed by atoms with Gasteiger partial charge in [0.2, 0.25) is 5.91 Å². The summed E-state index contributed by atoms with van der Waals surface area (Å²) < 4.78 is 0. The van der Waals surface area contributed by atoms with E-state index >= 15 is 0 Å². The van der Waals surface area contributed by atoms with Crippen LogP contribution in [0.25, 0.3) is 11.3 Å². The number of likely N-dealkylation sites (tertiary alicyclic amines) is 1. The maximum absolute atomic E-state index is 12.5. The fourth-order valence-electron chi connectivity index (χ4n) is 3.57. The molecule has 3 rings (SSSR count). The molecular weight excluding hydrogens is 340 g/mol. The van der Waals surface area contributed by atoms with Gasteiger partial charge in [0.25, 0.3) is 0 Å². The van der Waals surface area contributed by atoms with Gasteiger partial charge in [0.1, 0.15) is 0 Å². The lowest BCUT2D eigenvalue weighted by atomic mass is 9.89. The zero-order valence-electron chi connectivity index (χ0n) is 16.1. The number of hydrogen-bond acceptors (Lipinski definition) is 3. The molecule has 142 valence electrons. The Labute approximate surface area is 160 Å². The zero-order valence-corrected chi connectivity index (χ0v) is 16.1. The van der Waals surface area contributed by atoms with Crippen molar-refractivity contribution >= 4 is 11.9 Å². The Balaban J connectivity index is 1.78. The molecule has 1 aliphatic heterocycles. The molecule has 1 saturated heterocycles. The number of carbonyl (C=O) groups is 2. The number of aromatic carboxylic acids is 1. The fraction of sp³-hybridized carbons (Fsp3) is 0.409. The first kappa shape index (κ1) is 19.1. The van der Waals surface area contributed by atoms with Gasteiger partial charge in [0, 0.05) is 35.7 Å². The molecule has 5 heteroatoms. The minimum atomic E-state index is -0.952. The van der Waals surface area contributed by atoms with Crippen LogP contribution in [0.4, 0.5) is 0 Å². The second kappa shape index (κ2) is 7.51. The van der Waals surface area contributed by atoms with Crippen molar-refractivity contribution in [3.63, 3.8) is 0 Å². The molecule has 1 aromatic heterocycles. The fourth-order valence-corrected chi connectivity index (χ4v) is 3.57. The van der Waals surface area contributed by atoms with Gasteiger partial charge in [-0.15, -0.1) is 0 Å². The summed E-state index contributed by atoms with van der Waals surface area (Å²) in [7, 11) is 0. The van der Waals surface area contributed by atoms with Crippen LogP contribution in [0.5, 0.6) is 0 Å². The molecule has 0 atom stereocenters. The Hall–Kier alpha value is -2.69. The molecule has 2 aromatic rings. The van der Waals surface area contributed by atoms with Gasteiger partial charge in [0.15, 0.2) is 0 Å². The molecule has 0 spiro atoms. The summed E-state index contributed by atoms with van der Waals surface area (Å²) >= 11 is 0. The molecule has 0 radical (unpaired) electrons. The molecular formula is C22H26N2O3. The van der Waals surface area contributed by atoms with Crippen LogP contribution in [0.2, 0.25) is 0 Å². The van der Waals surface area contributed by atoms with E-state index in [-0.39, 0.29) is 22.8 Å². The van der Waals surface area contributed by atoms with Crippen LogP contribution in [0.1, 0.15) is 55.6 Å². The van der Waals surface area contributed by atoms with Crippen molar-refractivity contribution in [1.29, 1.82) is 0 Å². The van der Waals surface area contributed by atoms with Crippen molar-refractivity contribution in [1.82, 2.24) is 9.88 Å². The number of carboxylic acids is 1. The molecule has 0 bridgehead atoms. The highest BCUT2D eigenvalue weighted by Crippen LogP contribution is 2.31. The molecule has 1 amide bonds. The van der Waals surface area contributed by atoms with E-state index in [4.69, 9.17) is 4.98 Å². The third-order valence-electron chi connectivity index (χ3n) is 5.05. The van der Waals surface area contributed by atoms with Crippen molar-refractivity contribution in [3.8, 4) is 11.3 Å². The quantitative estimate of drug-likeness (QED) is 0.884. The lowest BCUT2D eigenvalue weighted by Gasteiger charge is -2.35. The van der Waals surface area contributed by atoms with Crippen LogP contribution < -0.4 is 0 Å². The normalized spacial score (nSPS) is 15.6. The van der Waals surface area contributed by atoms with Crippen LogP contribution in [-0.4, -0.2) is 40.0 Å². The Morgan fingerprint density at radius 1 is 1.04 bits per heavy atom. The number of aromatic nitrogens is 1. The minimum Gasteiger partial charge on any atom is -0.478 e. The Kier molecular flexibility index (Phi) is 5.31. The lowest BCUT2D eigenvalue weighted by molar-refractivity contribution is -0.140. The first-order valence-corrected chi connectivity index (χ1v) is 9.36. The van der Waals surface area contributed by atoms with Gasteiger partial charge >= 0.3 is 5.97 Å². The number of carboxylic acid groups (broad SMARTS) is 1. The van der Waals surface area contributed by atoms with Crippen LogP contribution in [0.15, 0.2) is 42.5 Å². The molecule has 5 nitrogen and oxygen atoms in total. The van der Waals surface area contributed by atoms with Crippen molar-refractivity contribution < 1.29 is 14.7 Å².